The second kappa shape index (κ2) is 12.0. The molecular weight excluding hydrogens is 470 g/mol. The lowest BCUT2D eigenvalue weighted by Crippen LogP contribution is -2.63. The molecule has 200 valence electrons. The molecule has 8 nitrogen and oxygen atoms in total. The number of likely N-dealkylation sites (tertiary alicyclic amines) is 1. The molecule has 0 bridgehead atoms. The summed E-state index contributed by atoms with van der Waals surface area (Å²) in [6.07, 6.45) is 3.27. The van der Waals surface area contributed by atoms with Gasteiger partial charge in [-0.25, -0.2) is 13.6 Å². The van der Waals surface area contributed by atoms with E-state index in [1.165, 1.54) is 6.07 Å². The van der Waals surface area contributed by atoms with E-state index in [0.29, 0.717) is 38.4 Å². The van der Waals surface area contributed by atoms with Crippen LogP contribution in [0, 0.1) is 11.7 Å². The average Bonchev–Trinajstić information content (AvgIpc) is 2.79. The minimum atomic E-state index is -0.889. The Morgan fingerprint density at radius 3 is 2.39 bits per heavy atom. The van der Waals surface area contributed by atoms with Gasteiger partial charge in [0.25, 0.3) is 5.91 Å². The molecule has 0 atom stereocenters. The Balaban J connectivity index is 1.35. The molecule has 0 spiro atoms. The normalized spacial score (nSPS) is 18.1. The summed E-state index contributed by atoms with van der Waals surface area (Å²) in [5.41, 5.74) is -1.25. The van der Waals surface area contributed by atoms with Crippen molar-refractivity contribution in [2.45, 2.75) is 70.7 Å². The van der Waals surface area contributed by atoms with Crippen molar-refractivity contribution in [2.75, 3.05) is 32.7 Å². The maximum absolute atomic E-state index is 13.6. The van der Waals surface area contributed by atoms with Gasteiger partial charge in [0.15, 0.2) is 0 Å². The number of nitrogens with one attached hydrogen (secondary N) is 3. The van der Waals surface area contributed by atoms with Crippen LogP contribution >= 0.6 is 0 Å². The van der Waals surface area contributed by atoms with Crippen LogP contribution in [0.3, 0.4) is 0 Å². The van der Waals surface area contributed by atoms with Gasteiger partial charge in [-0.3, -0.25) is 9.59 Å². The van der Waals surface area contributed by atoms with E-state index < -0.39 is 35.6 Å². The zero-order valence-electron chi connectivity index (χ0n) is 21.4. The van der Waals surface area contributed by atoms with E-state index in [9.17, 15) is 23.2 Å². The molecule has 0 aromatic heterocycles. The Labute approximate surface area is 211 Å². The summed E-state index contributed by atoms with van der Waals surface area (Å²) in [6, 6.07) is 3.56. The topological polar surface area (TPSA) is 99.8 Å². The van der Waals surface area contributed by atoms with Crippen LogP contribution in [0.4, 0.5) is 13.6 Å². The Hall–Kier alpha value is -2.75. The minimum absolute atomic E-state index is 0.126. The van der Waals surface area contributed by atoms with Crippen LogP contribution in [-0.2, 0) is 16.2 Å². The molecule has 3 N–H and O–H groups in total. The molecule has 1 saturated carbocycles. The smallest absolute Gasteiger partial charge is 0.408 e. The van der Waals surface area contributed by atoms with Crippen molar-refractivity contribution in [1.29, 1.82) is 0 Å². The quantitative estimate of drug-likeness (QED) is 0.475. The molecule has 1 aliphatic heterocycles. The minimum Gasteiger partial charge on any atom is -0.444 e. The Kier molecular flexibility index (Phi) is 9.27. The number of carbonyl (C=O) groups is 3. The van der Waals surface area contributed by atoms with Crippen molar-refractivity contribution < 1.29 is 27.9 Å². The summed E-state index contributed by atoms with van der Waals surface area (Å²) in [5, 5.41) is 8.55. The van der Waals surface area contributed by atoms with Crippen molar-refractivity contribution in [3.63, 3.8) is 0 Å². The fourth-order valence-electron chi connectivity index (χ4n) is 4.55. The first-order valence-electron chi connectivity index (χ1n) is 12.7. The van der Waals surface area contributed by atoms with Crippen LogP contribution in [-0.4, -0.2) is 66.7 Å². The van der Waals surface area contributed by atoms with Crippen LogP contribution < -0.4 is 16.0 Å². The predicted octanol–water partition coefficient (Wildman–Crippen LogP) is 3.30. The number of hydrogen-bond acceptors (Lipinski definition) is 5. The molecule has 10 heteroatoms. The van der Waals surface area contributed by atoms with Gasteiger partial charge in [-0.1, -0.05) is 0 Å². The molecule has 1 aliphatic carbocycles. The van der Waals surface area contributed by atoms with Gasteiger partial charge in [-0.05, 0) is 95.6 Å². The maximum Gasteiger partial charge on any atom is 0.408 e. The maximum atomic E-state index is 13.6. The number of alkyl halides is 1. The van der Waals surface area contributed by atoms with Gasteiger partial charge >= 0.3 is 6.09 Å². The third kappa shape index (κ3) is 7.88. The number of piperidine rings is 1. The lowest BCUT2D eigenvalue weighted by molar-refractivity contribution is -0.131. The van der Waals surface area contributed by atoms with E-state index >= 15 is 0 Å². The Morgan fingerprint density at radius 2 is 1.81 bits per heavy atom. The molecule has 1 heterocycles. The molecule has 0 radical (unpaired) electrons. The van der Waals surface area contributed by atoms with Crippen molar-refractivity contribution in [1.82, 2.24) is 20.9 Å². The van der Waals surface area contributed by atoms with E-state index in [2.05, 4.69) is 20.9 Å². The third-order valence-corrected chi connectivity index (χ3v) is 6.73. The van der Waals surface area contributed by atoms with Gasteiger partial charge in [0.1, 0.15) is 23.6 Å². The predicted molar refractivity (Wildman–Crippen MR) is 132 cm³/mol. The molecule has 3 rings (SSSR count). The highest BCUT2D eigenvalue weighted by molar-refractivity contribution is 5.94. The average molecular weight is 509 g/mol. The second-order valence-electron chi connectivity index (χ2n) is 10.8. The van der Waals surface area contributed by atoms with Gasteiger partial charge in [0, 0.05) is 25.2 Å². The van der Waals surface area contributed by atoms with E-state index in [0.717, 1.165) is 44.5 Å². The van der Waals surface area contributed by atoms with Gasteiger partial charge in [-0.15, -0.1) is 0 Å². The number of alkyl carbamates (subject to hydrolysis) is 1. The summed E-state index contributed by atoms with van der Waals surface area (Å²) in [7, 11) is 0. The van der Waals surface area contributed by atoms with Gasteiger partial charge in [0.05, 0.1) is 0 Å². The van der Waals surface area contributed by atoms with Crippen LogP contribution in [0.25, 0.3) is 0 Å². The Bertz CT molecular complexity index is 938. The molecule has 1 aromatic rings. The van der Waals surface area contributed by atoms with E-state index in [1.807, 2.05) is 0 Å². The zero-order chi connectivity index (χ0) is 26.3. The number of nitrogens with zero attached hydrogens (tertiary/aromatic N) is 1. The number of amides is 3. The van der Waals surface area contributed by atoms with E-state index in [1.54, 1.807) is 20.8 Å². The molecule has 36 heavy (non-hydrogen) atoms. The SMILES string of the molecule is CC(C)(C)OC(=O)NC1(C(=O)NCCN2CCC(CNC(=O)c3cc(F)cc(CF)c3)CC2)CCC1. The number of rotatable bonds is 9. The fourth-order valence-corrected chi connectivity index (χ4v) is 4.55. The van der Waals surface area contributed by atoms with Gasteiger partial charge in [-0.2, -0.15) is 0 Å². The van der Waals surface area contributed by atoms with Gasteiger partial charge in [0.2, 0.25) is 5.91 Å². The lowest BCUT2D eigenvalue weighted by atomic mass is 9.76. The Morgan fingerprint density at radius 1 is 1.11 bits per heavy atom. The molecular formula is C26H38F2N4O4. The highest BCUT2D eigenvalue weighted by Crippen LogP contribution is 2.32. The highest BCUT2D eigenvalue weighted by atomic mass is 19.1. The van der Waals surface area contributed by atoms with Crippen LogP contribution in [0.15, 0.2) is 18.2 Å². The molecule has 0 unspecified atom stereocenters. The lowest BCUT2D eigenvalue weighted by Gasteiger charge is -2.41. The molecule has 2 aliphatic rings. The van der Waals surface area contributed by atoms with E-state index in [-0.39, 0.29) is 17.0 Å². The van der Waals surface area contributed by atoms with Crippen molar-refractivity contribution in [2.24, 2.45) is 5.92 Å². The second-order valence-corrected chi connectivity index (χ2v) is 10.8. The van der Waals surface area contributed by atoms with Crippen molar-refractivity contribution >= 4 is 17.9 Å². The first-order valence-corrected chi connectivity index (χ1v) is 12.7. The molecule has 1 saturated heterocycles. The first kappa shape index (κ1) is 27.8. The third-order valence-electron chi connectivity index (χ3n) is 6.73. The molecule has 2 fully saturated rings. The van der Waals surface area contributed by atoms with E-state index in [4.69, 9.17) is 4.74 Å². The largest absolute Gasteiger partial charge is 0.444 e. The summed E-state index contributed by atoms with van der Waals surface area (Å²) in [4.78, 5) is 39.5. The van der Waals surface area contributed by atoms with Crippen LogP contribution in [0.5, 0.6) is 0 Å². The number of benzene rings is 1. The monoisotopic (exact) mass is 508 g/mol. The highest BCUT2D eigenvalue weighted by Gasteiger charge is 2.46. The summed E-state index contributed by atoms with van der Waals surface area (Å²) in [5.74, 6) is -0.908. The number of hydrogen-bond donors (Lipinski definition) is 3. The molecule has 3 amide bonds. The van der Waals surface area contributed by atoms with Crippen LogP contribution in [0.1, 0.15) is 68.8 Å². The van der Waals surface area contributed by atoms with Crippen molar-refractivity contribution in [3.8, 4) is 0 Å². The first-order chi connectivity index (χ1) is 17.0. The number of carbonyl (C=O) groups excluding carboxylic acids is 3. The standard InChI is InChI=1S/C26H38F2N4O4/c1-25(2,3)36-24(35)31-26(7-4-8-26)23(34)29-9-12-32-10-5-18(6-11-32)17-30-22(33)20-13-19(16-27)14-21(28)15-20/h13-15,18H,4-12,16-17H2,1-3H3,(H,29,34)(H,30,33)(H,31,35). The van der Waals surface area contributed by atoms with Gasteiger partial charge < -0.3 is 25.6 Å². The van der Waals surface area contributed by atoms with Crippen LogP contribution in [0.2, 0.25) is 0 Å². The number of halogens is 2. The number of ether oxygens (including phenoxy) is 1. The summed E-state index contributed by atoms with van der Waals surface area (Å²) >= 11 is 0. The van der Waals surface area contributed by atoms with Crippen molar-refractivity contribution in [3.05, 3.63) is 35.1 Å². The summed E-state index contributed by atoms with van der Waals surface area (Å²) < 4.78 is 31.7. The molecule has 1 aromatic carbocycles. The summed E-state index contributed by atoms with van der Waals surface area (Å²) in [6.45, 7) is 7.85. The fraction of sp³-hybridized carbons (Fsp3) is 0.654. The zero-order valence-corrected chi connectivity index (χ0v) is 21.4.